The standard InChI is InChI=1S/C17H16ClN5O4S/c18-13-6-11(7-14-16(13)23-27-22-14)28(24,25)21-4-3-10-8-26-15-2-1-9(17(19)20)5-12(10)15/h1-2,5-7,10,21H,3-4,8H2,(H3,19,20). The van der Waals surface area contributed by atoms with Gasteiger partial charge in [0.1, 0.15) is 17.1 Å². The minimum Gasteiger partial charge on any atom is -0.493 e. The van der Waals surface area contributed by atoms with Gasteiger partial charge in [-0.2, -0.15) is 0 Å². The Bertz CT molecular complexity index is 1180. The first-order valence-corrected chi connectivity index (χ1v) is 10.2. The van der Waals surface area contributed by atoms with Crippen LogP contribution in [0.3, 0.4) is 0 Å². The number of ether oxygens (including phenoxy) is 1. The highest BCUT2D eigenvalue weighted by atomic mass is 35.5. The lowest BCUT2D eigenvalue weighted by molar-refractivity contribution is 0.315. The number of hydrogen-bond acceptors (Lipinski definition) is 7. The molecule has 0 aliphatic carbocycles. The number of nitrogen functional groups attached to an aromatic ring is 1. The predicted octanol–water partition coefficient (Wildman–Crippen LogP) is 2.00. The van der Waals surface area contributed by atoms with Crippen molar-refractivity contribution < 1.29 is 17.8 Å². The van der Waals surface area contributed by atoms with E-state index in [0.29, 0.717) is 24.1 Å². The Balaban J connectivity index is 1.47. The van der Waals surface area contributed by atoms with E-state index in [1.54, 1.807) is 12.1 Å². The fourth-order valence-electron chi connectivity index (χ4n) is 3.12. The molecule has 0 radical (unpaired) electrons. The van der Waals surface area contributed by atoms with E-state index in [1.165, 1.54) is 12.1 Å². The second-order valence-electron chi connectivity index (χ2n) is 6.40. The number of fused-ring (bicyclic) bond motifs is 2. The zero-order chi connectivity index (χ0) is 19.9. The summed E-state index contributed by atoms with van der Waals surface area (Å²) in [5.41, 5.74) is 7.65. The molecule has 0 amide bonds. The number of sulfonamides is 1. The third-order valence-electron chi connectivity index (χ3n) is 4.58. The van der Waals surface area contributed by atoms with Crippen LogP contribution in [-0.4, -0.2) is 37.7 Å². The first kappa shape index (κ1) is 18.7. The second kappa shape index (κ2) is 7.04. The topological polar surface area (TPSA) is 144 Å². The maximum Gasteiger partial charge on any atom is 0.240 e. The third-order valence-corrected chi connectivity index (χ3v) is 6.31. The van der Waals surface area contributed by atoms with Crippen LogP contribution in [0.5, 0.6) is 5.75 Å². The first-order valence-electron chi connectivity index (χ1n) is 8.38. The van der Waals surface area contributed by atoms with Crippen molar-refractivity contribution in [1.82, 2.24) is 15.0 Å². The molecule has 28 heavy (non-hydrogen) atoms. The normalized spacial score (nSPS) is 16.1. The summed E-state index contributed by atoms with van der Waals surface area (Å²) in [6, 6.07) is 7.98. The summed E-state index contributed by atoms with van der Waals surface area (Å²) >= 11 is 6.05. The third kappa shape index (κ3) is 3.41. The Morgan fingerprint density at radius 1 is 1.32 bits per heavy atom. The monoisotopic (exact) mass is 421 g/mol. The van der Waals surface area contributed by atoms with Crippen molar-refractivity contribution in [3.8, 4) is 5.75 Å². The van der Waals surface area contributed by atoms with Crippen molar-refractivity contribution in [2.24, 2.45) is 5.73 Å². The van der Waals surface area contributed by atoms with E-state index in [1.807, 2.05) is 6.07 Å². The van der Waals surface area contributed by atoms with Crippen LogP contribution in [0.4, 0.5) is 0 Å². The Labute approximate surface area is 165 Å². The number of rotatable bonds is 6. The van der Waals surface area contributed by atoms with E-state index >= 15 is 0 Å². The fourth-order valence-corrected chi connectivity index (χ4v) is 4.52. The van der Waals surface area contributed by atoms with Crippen LogP contribution in [-0.2, 0) is 10.0 Å². The summed E-state index contributed by atoms with van der Waals surface area (Å²) in [5, 5.41) is 15.0. The smallest absolute Gasteiger partial charge is 0.240 e. The molecule has 4 N–H and O–H groups in total. The van der Waals surface area contributed by atoms with E-state index in [9.17, 15) is 8.42 Å². The summed E-state index contributed by atoms with van der Waals surface area (Å²) in [7, 11) is -3.78. The van der Waals surface area contributed by atoms with Crippen LogP contribution in [0.2, 0.25) is 5.02 Å². The fraction of sp³-hybridized carbons (Fsp3) is 0.235. The van der Waals surface area contributed by atoms with Gasteiger partial charge >= 0.3 is 0 Å². The van der Waals surface area contributed by atoms with E-state index in [0.717, 1.165) is 11.3 Å². The molecule has 0 bridgehead atoms. The van der Waals surface area contributed by atoms with Crippen molar-refractivity contribution in [2.45, 2.75) is 17.2 Å². The van der Waals surface area contributed by atoms with Gasteiger partial charge in [-0.25, -0.2) is 17.8 Å². The zero-order valence-electron chi connectivity index (χ0n) is 14.5. The lowest BCUT2D eigenvalue weighted by Crippen LogP contribution is -2.26. The second-order valence-corrected chi connectivity index (χ2v) is 8.57. The zero-order valence-corrected chi connectivity index (χ0v) is 16.0. The van der Waals surface area contributed by atoms with Crippen molar-refractivity contribution in [3.63, 3.8) is 0 Å². The molecule has 1 unspecified atom stereocenters. The number of benzene rings is 2. The van der Waals surface area contributed by atoms with Crippen molar-refractivity contribution >= 4 is 38.5 Å². The number of nitrogens with zero attached hydrogens (tertiary/aromatic N) is 2. The molecule has 0 fully saturated rings. The molecule has 0 saturated carbocycles. The molecule has 2 heterocycles. The molecule has 146 valence electrons. The average molecular weight is 422 g/mol. The number of halogens is 1. The van der Waals surface area contributed by atoms with Gasteiger partial charge in [0.25, 0.3) is 0 Å². The molecule has 1 aromatic heterocycles. The Kier molecular flexibility index (Phi) is 4.69. The van der Waals surface area contributed by atoms with Gasteiger partial charge in [-0.1, -0.05) is 11.6 Å². The van der Waals surface area contributed by atoms with E-state index in [-0.39, 0.29) is 33.7 Å². The molecular formula is C17H16ClN5O4S. The van der Waals surface area contributed by atoms with Crippen LogP contribution in [0, 0.1) is 5.41 Å². The lowest BCUT2D eigenvalue weighted by Gasteiger charge is -2.11. The summed E-state index contributed by atoms with van der Waals surface area (Å²) in [5.74, 6) is 0.709. The first-order chi connectivity index (χ1) is 13.3. The predicted molar refractivity (Wildman–Crippen MR) is 102 cm³/mol. The Hall–Kier alpha value is -2.69. The minimum atomic E-state index is -3.78. The van der Waals surface area contributed by atoms with Crippen LogP contribution in [0.1, 0.15) is 23.5 Å². The number of amidine groups is 1. The van der Waals surface area contributed by atoms with E-state index < -0.39 is 10.0 Å². The van der Waals surface area contributed by atoms with Gasteiger partial charge in [0, 0.05) is 23.6 Å². The molecule has 11 heteroatoms. The van der Waals surface area contributed by atoms with Gasteiger partial charge < -0.3 is 10.5 Å². The molecule has 3 aromatic rings. The molecular weight excluding hydrogens is 406 g/mol. The Morgan fingerprint density at radius 3 is 2.93 bits per heavy atom. The van der Waals surface area contributed by atoms with Gasteiger partial charge in [0.2, 0.25) is 10.0 Å². The number of aromatic nitrogens is 2. The van der Waals surface area contributed by atoms with Crippen LogP contribution in [0.15, 0.2) is 39.9 Å². The quantitative estimate of drug-likeness (QED) is 0.407. The van der Waals surface area contributed by atoms with Crippen molar-refractivity contribution in [3.05, 3.63) is 46.5 Å². The minimum absolute atomic E-state index is 0.00260. The molecule has 0 spiro atoms. The van der Waals surface area contributed by atoms with E-state index in [2.05, 4.69) is 19.7 Å². The van der Waals surface area contributed by atoms with Gasteiger partial charge in [0.05, 0.1) is 16.5 Å². The highest BCUT2D eigenvalue weighted by Gasteiger charge is 2.25. The molecule has 2 aromatic carbocycles. The maximum atomic E-state index is 12.6. The molecule has 1 atom stereocenters. The molecule has 1 aliphatic heterocycles. The number of nitrogens with two attached hydrogens (primary N) is 1. The van der Waals surface area contributed by atoms with E-state index in [4.69, 9.17) is 27.5 Å². The number of nitrogens with one attached hydrogen (secondary N) is 2. The molecule has 4 rings (SSSR count). The largest absolute Gasteiger partial charge is 0.493 e. The molecule has 9 nitrogen and oxygen atoms in total. The van der Waals surface area contributed by atoms with Gasteiger partial charge in [-0.3, -0.25) is 5.41 Å². The summed E-state index contributed by atoms with van der Waals surface area (Å²) in [6.07, 6.45) is 0.523. The average Bonchev–Trinajstić information content (AvgIpc) is 3.28. The summed E-state index contributed by atoms with van der Waals surface area (Å²) in [4.78, 5) is -0.0114. The lowest BCUT2D eigenvalue weighted by atomic mass is 9.96. The Morgan fingerprint density at radius 2 is 2.14 bits per heavy atom. The van der Waals surface area contributed by atoms with Crippen LogP contribution >= 0.6 is 11.6 Å². The van der Waals surface area contributed by atoms with Gasteiger partial charge in [0.15, 0.2) is 5.52 Å². The van der Waals surface area contributed by atoms with Gasteiger partial charge in [-0.05, 0) is 47.1 Å². The molecule has 0 saturated heterocycles. The van der Waals surface area contributed by atoms with Crippen molar-refractivity contribution in [2.75, 3.05) is 13.2 Å². The van der Waals surface area contributed by atoms with Crippen LogP contribution < -0.4 is 15.2 Å². The summed E-state index contributed by atoms with van der Waals surface area (Å²) < 4.78 is 38.0. The highest BCUT2D eigenvalue weighted by molar-refractivity contribution is 7.89. The summed E-state index contributed by atoms with van der Waals surface area (Å²) in [6.45, 7) is 0.646. The van der Waals surface area contributed by atoms with Crippen molar-refractivity contribution in [1.29, 1.82) is 5.41 Å². The maximum absolute atomic E-state index is 12.6. The SMILES string of the molecule is N=C(N)c1ccc2c(c1)C(CCNS(=O)(=O)c1cc(Cl)c3nonc3c1)CO2. The van der Waals surface area contributed by atoms with Crippen LogP contribution in [0.25, 0.3) is 11.0 Å². The number of hydrogen-bond donors (Lipinski definition) is 3. The highest BCUT2D eigenvalue weighted by Crippen LogP contribution is 2.36. The molecule has 1 aliphatic rings. The van der Waals surface area contributed by atoms with Gasteiger partial charge in [-0.15, -0.1) is 0 Å².